The maximum atomic E-state index is 13.0. The van der Waals surface area contributed by atoms with Gasteiger partial charge in [-0.15, -0.1) is 0 Å². The van der Waals surface area contributed by atoms with E-state index in [0.29, 0.717) is 13.0 Å². The molecule has 1 aromatic rings. The molecule has 0 N–H and O–H groups in total. The molecule has 6 heteroatoms. The van der Waals surface area contributed by atoms with Crippen LogP contribution in [0.5, 0.6) is 5.75 Å². The van der Waals surface area contributed by atoms with Gasteiger partial charge in [0.15, 0.2) is 0 Å². The van der Waals surface area contributed by atoms with Gasteiger partial charge in [0, 0.05) is 58.7 Å². The molecule has 0 saturated carbocycles. The highest BCUT2D eigenvalue weighted by molar-refractivity contribution is 5.81. The number of hydrogen-bond acceptors (Lipinski definition) is 4. The van der Waals surface area contributed by atoms with Gasteiger partial charge < -0.3 is 14.5 Å². The van der Waals surface area contributed by atoms with E-state index >= 15 is 0 Å². The molecule has 1 unspecified atom stereocenters. The van der Waals surface area contributed by atoms with Crippen molar-refractivity contribution in [2.75, 3.05) is 45.9 Å². The number of fused-ring (bicyclic) bond motifs is 1. The third-order valence-electron chi connectivity index (χ3n) is 6.43. The largest absolute Gasteiger partial charge is 0.493 e. The van der Waals surface area contributed by atoms with Gasteiger partial charge in [-0.3, -0.25) is 14.5 Å². The minimum atomic E-state index is -0.0205. The van der Waals surface area contributed by atoms with Crippen molar-refractivity contribution in [2.45, 2.75) is 45.6 Å². The van der Waals surface area contributed by atoms with E-state index in [-0.39, 0.29) is 17.7 Å². The molecule has 2 fully saturated rings. The number of likely N-dealkylation sites (tertiary alicyclic amines) is 1. The Bertz CT molecular complexity index is 743. The third-order valence-corrected chi connectivity index (χ3v) is 6.43. The lowest BCUT2D eigenvalue weighted by molar-refractivity contribution is -0.142. The van der Waals surface area contributed by atoms with Crippen LogP contribution < -0.4 is 4.74 Å². The summed E-state index contributed by atoms with van der Waals surface area (Å²) in [7, 11) is 0. The van der Waals surface area contributed by atoms with E-state index in [1.807, 2.05) is 16.7 Å². The van der Waals surface area contributed by atoms with Crippen molar-refractivity contribution >= 4 is 11.8 Å². The van der Waals surface area contributed by atoms with Gasteiger partial charge >= 0.3 is 0 Å². The number of amides is 2. The molecular formula is C23H33N3O3. The highest BCUT2D eigenvalue weighted by atomic mass is 16.5. The quantitative estimate of drug-likeness (QED) is 0.763. The summed E-state index contributed by atoms with van der Waals surface area (Å²) in [6.45, 7) is 8.55. The first-order valence-electron chi connectivity index (χ1n) is 11.2. The monoisotopic (exact) mass is 399 g/mol. The van der Waals surface area contributed by atoms with Gasteiger partial charge in [-0.2, -0.15) is 0 Å². The molecular weight excluding hydrogens is 366 g/mol. The summed E-state index contributed by atoms with van der Waals surface area (Å²) in [4.78, 5) is 31.6. The van der Waals surface area contributed by atoms with Gasteiger partial charge in [-0.1, -0.05) is 19.1 Å². The van der Waals surface area contributed by atoms with E-state index in [4.69, 9.17) is 4.74 Å². The molecule has 4 rings (SSSR count). The lowest BCUT2D eigenvalue weighted by atomic mass is 9.95. The number of rotatable bonds is 5. The third kappa shape index (κ3) is 4.74. The first-order chi connectivity index (χ1) is 14.1. The summed E-state index contributed by atoms with van der Waals surface area (Å²) < 4.78 is 5.59. The zero-order valence-electron chi connectivity index (χ0n) is 17.6. The lowest BCUT2D eigenvalue weighted by Crippen LogP contribution is -2.52. The summed E-state index contributed by atoms with van der Waals surface area (Å²) >= 11 is 0. The van der Waals surface area contributed by atoms with Crippen molar-refractivity contribution in [3.05, 3.63) is 29.3 Å². The minimum Gasteiger partial charge on any atom is -0.493 e. The summed E-state index contributed by atoms with van der Waals surface area (Å²) in [6.07, 6.45) is 4.31. The van der Waals surface area contributed by atoms with Crippen LogP contribution in [0.25, 0.3) is 0 Å². The van der Waals surface area contributed by atoms with Crippen molar-refractivity contribution in [2.24, 2.45) is 5.92 Å². The topological polar surface area (TPSA) is 53.1 Å². The molecule has 0 aromatic heterocycles. The van der Waals surface area contributed by atoms with Crippen molar-refractivity contribution in [1.82, 2.24) is 14.7 Å². The van der Waals surface area contributed by atoms with Crippen molar-refractivity contribution < 1.29 is 14.3 Å². The number of hydrogen-bond donors (Lipinski definition) is 0. The molecule has 0 spiro atoms. The normalized spacial score (nSPS) is 22.3. The van der Waals surface area contributed by atoms with E-state index in [0.717, 1.165) is 77.3 Å². The van der Waals surface area contributed by atoms with Gasteiger partial charge in [0.1, 0.15) is 5.75 Å². The Balaban J connectivity index is 1.26. The van der Waals surface area contributed by atoms with Crippen LogP contribution in [0.3, 0.4) is 0 Å². The van der Waals surface area contributed by atoms with Crippen LogP contribution in [0.15, 0.2) is 18.2 Å². The molecule has 3 aliphatic heterocycles. The zero-order valence-corrected chi connectivity index (χ0v) is 17.6. The molecule has 1 atom stereocenters. The fraction of sp³-hybridized carbons (Fsp3) is 0.652. The van der Waals surface area contributed by atoms with Crippen LogP contribution in [0.1, 0.15) is 43.7 Å². The Morgan fingerprint density at radius 1 is 1.10 bits per heavy atom. The van der Waals surface area contributed by atoms with Crippen LogP contribution in [-0.4, -0.2) is 72.4 Å². The maximum absolute atomic E-state index is 13.0. The Morgan fingerprint density at radius 2 is 1.93 bits per heavy atom. The number of ether oxygens (including phenoxy) is 1. The number of nitrogens with zero attached hydrogens (tertiary/aromatic N) is 3. The highest BCUT2D eigenvalue weighted by Gasteiger charge is 2.32. The smallest absolute Gasteiger partial charge is 0.227 e. The first-order valence-corrected chi connectivity index (χ1v) is 11.2. The molecule has 158 valence electrons. The van der Waals surface area contributed by atoms with Gasteiger partial charge in [0.05, 0.1) is 12.5 Å². The summed E-state index contributed by atoms with van der Waals surface area (Å²) in [5.41, 5.74) is 2.64. The van der Waals surface area contributed by atoms with Gasteiger partial charge in [0.25, 0.3) is 0 Å². The van der Waals surface area contributed by atoms with Crippen molar-refractivity contribution in [3.8, 4) is 5.75 Å². The molecule has 1 aromatic carbocycles. The molecule has 0 aliphatic carbocycles. The van der Waals surface area contributed by atoms with Crippen LogP contribution in [0.4, 0.5) is 0 Å². The average molecular weight is 400 g/mol. The van der Waals surface area contributed by atoms with Crippen LogP contribution in [0.2, 0.25) is 0 Å². The van der Waals surface area contributed by atoms with Gasteiger partial charge in [-0.05, 0) is 36.5 Å². The van der Waals surface area contributed by atoms with E-state index in [2.05, 4.69) is 23.1 Å². The fourth-order valence-corrected chi connectivity index (χ4v) is 4.76. The van der Waals surface area contributed by atoms with Crippen LogP contribution in [-0.2, 0) is 22.6 Å². The van der Waals surface area contributed by atoms with Crippen molar-refractivity contribution in [1.29, 1.82) is 0 Å². The van der Waals surface area contributed by atoms with Gasteiger partial charge in [-0.25, -0.2) is 0 Å². The second kappa shape index (κ2) is 9.16. The van der Waals surface area contributed by atoms with Crippen LogP contribution >= 0.6 is 0 Å². The Kier molecular flexibility index (Phi) is 6.38. The highest BCUT2D eigenvalue weighted by Crippen LogP contribution is 2.27. The Hall–Kier alpha value is -2.08. The maximum Gasteiger partial charge on any atom is 0.227 e. The number of piperazine rings is 1. The zero-order chi connectivity index (χ0) is 20.2. The molecule has 3 aliphatic rings. The second-order valence-electron chi connectivity index (χ2n) is 8.57. The Morgan fingerprint density at radius 3 is 2.72 bits per heavy atom. The van der Waals surface area contributed by atoms with Crippen molar-refractivity contribution in [3.63, 3.8) is 0 Å². The second-order valence-corrected chi connectivity index (χ2v) is 8.57. The molecule has 0 bridgehead atoms. The number of piperidine rings is 1. The summed E-state index contributed by atoms with van der Waals surface area (Å²) in [5.74, 6) is 1.46. The first kappa shape index (κ1) is 20.2. The van der Waals surface area contributed by atoms with E-state index < -0.39 is 0 Å². The summed E-state index contributed by atoms with van der Waals surface area (Å²) in [6, 6.07) is 6.52. The Labute approximate surface area is 173 Å². The minimum absolute atomic E-state index is 0.0205. The number of carbonyl (C=O) groups excluding carboxylic acids is 2. The molecule has 2 amide bonds. The molecule has 6 nitrogen and oxygen atoms in total. The standard InChI is InChI=1S/C23H33N3O3/c1-2-4-22(27)26-9-3-5-20(17-26)23(28)25-12-10-24(11-13-25)16-18-6-7-21-19(15-18)8-14-29-21/h6-7,15,20H,2-5,8-14,16-17H2,1H3. The van der Waals surface area contributed by atoms with Crippen LogP contribution in [0, 0.1) is 5.92 Å². The predicted octanol–water partition coefficient (Wildman–Crippen LogP) is 2.30. The van der Waals surface area contributed by atoms with Gasteiger partial charge in [0.2, 0.25) is 11.8 Å². The SMILES string of the molecule is CCCC(=O)N1CCCC(C(=O)N2CCN(Cc3ccc4c(c3)CCO4)CC2)C1. The summed E-state index contributed by atoms with van der Waals surface area (Å²) in [5, 5.41) is 0. The van der Waals surface area contributed by atoms with E-state index in [1.165, 1.54) is 11.1 Å². The molecule has 2 saturated heterocycles. The lowest BCUT2D eigenvalue weighted by Gasteiger charge is -2.39. The predicted molar refractivity (Wildman–Crippen MR) is 112 cm³/mol. The average Bonchev–Trinajstić information content (AvgIpc) is 3.22. The van der Waals surface area contributed by atoms with E-state index in [9.17, 15) is 9.59 Å². The number of carbonyl (C=O) groups is 2. The molecule has 3 heterocycles. The molecule has 0 radical (unpaired) electrons. The fourth-order valence-electron chi connectivity index (χ4n) is 4.76. The number of benzene rings is 1. The molecule has 29 heavy (non-hydrogen) atoms. The van der Waals surface area contributed by atoms with E-state index in [1.54, 1.807) is 0 Å².